The second-order valence-electron chi connectivity index (χ2n) is 9.21. The van der Waals surface area contributed by atoms with Crippen LogP contribution in [0.5, 0.6) is 0 Å². The van der Waals surface area contributed by atoms with Crippen molar-refractivity contribution in [2.24, 2.45) is 5.92 Å². The quantitative estimate of drug-likeness (QED) is 0.202. The topological polar surface area (TPSA) is 114 Å². The van der Waals surface area contributed by atoms with E-state index < -0.39 is 71.9 Å². The predicted octanol–water partition coefficient (Wildman–Crippen LogP) is 1.35. The van der Waals surface area contributed by atoms with Crippen molar-refractivity contribution in [1.29, 1.82) is 0 Å². The van der Waals surface area contributed by atoms with Gasteiger partial charge in [0.25, 0.3) is 0 Å². The number of alkyl halides is 1. The molecular weight excluding hydrogens is 559 g/mol. The first-order chi connectivity index (χ1) is 17.1. The molecule has 0 aromatic heterocycles. The normalized spacial score (nSPS) is 37.4. The fourth-order valence-corrected chi connectivity index (χ4v) is 8.48. The molecule has 11 heteroatoms. The third-order valence-electron chi connectivity index (χ3n) is 6.55. The SMILES string of the molecule is CC(=O)O[C@@H]1[C@H](OC(C)=O)[C@H](C)O[C@@H](C[C@H]2C(=O)[C@@H]3O[C@H]2[C@@H]([Se]c2ccccc2)[C@@H]3Cl)[C@H]1OC(C)=O. The van der Waals surface area contributed by atoms with Crippen molar-refractivity contribution in [3.8, 4) is 0 Å². The van der Waals surface area contributed by atoms with Crippen molar-refractivity contribution in [1.82, 2.24) is 0 Å². The molecule has 0 radical (unpaired) electrons. The number of fused-ring (bicyclic) bond motifs is 2. The molecule has 1 aromatic rings. The number of halogens is 1. The summed E-state index contributed by atoms with van der Waals surface area (Å²) in [7, 11) is 0. The number of ether oxygens (including phenoxy) is 5. The van der Waals surface area contributed by atoms with Gasteiger partial charge in [0.15, 0.2) is 0 Å². The Hall–Kier alpha value is -1.97. The van der Waals surface area contributed by atoms with Gasteiger partial charge in [0.05, 0.1) is 0 Å². The van der Waals surface area contributed by atoms with E-state index >= 15 is 0 Å². The predicted molar refractivity (Wildman–Crippen MR) is 128 cm³/mol. The summed E-state index contributed by atoms with van der Waals surface area (Å²) in [6, 6.07) is 9.95. The Balaban J connectivity index is 1.58. The molecule has 0 amide bonds. The van der Waals surface area contributed by atoms with Crippen LogP contribution in [0.1, 0.15) is 34.1 Å². The summed E-state index contributed by atoms with van der Waals surface area (Å²) in [6.45, 7) is 5.35. The number of ketones is 1. The van der Waals surface area contributed by atoms with Crippen LogP contribution in [-0.2, 0) is 42.9 Å². The van der Waals surface area contributed by atoms with Crippen LogP contribution in [0.15, 0.2) is 30.3 Å². The first-order valence-corrected chi connectivity index (χ1v) is 14.1. The van der Waals surface area contributed by atoms with E-state index in [1.54, 1.807) is 6.92 Å². The molecule has 3 fully saturated rings. The average molecular weight is 588 g/mol. The molecule has 3 heterocycles. The molecule has 3 aliphatic heterocycles. The van der Waals surface area contributed by atoms with Gasteiger partial charge in [0.2, 0.25) is 0 Å². The van der Waals surface area contributed by atoms with Crippen molar-refractivity contribution in [3.63, 3.8) is 0 Å². The maximum atomic E-state index is 13.2. The van der Waals surface area contributed by atoms with Crippen molar-refractivity contribution in [3.05, 3.63) is 30.3 Å². The fourth-order valence-electron chi connectivity index (χ4n) is 5.19. The van der Waals surface area contributed by atoms with Gasteiger partial charge in [-0.3, -0.25) is 0 Å². The van der Waals surface area contributed by atoms with Crippen LogP contribution in [0, 0.1) is 5.92 Å². The molecule has 0 saturated carbocycles. The molecule has 1 aromatic carbocycles. The van der Waals surface area contributed by atoms with E-state index in [1.807, 2.05) is 30.3 Å². The van der Waals surface area contributed by atoms with Crippen molar-refractivity contribution < 1.29 is 42.9 Å². The molecule has 10 atom stereocenters. The van der Waals surface area contributed by atoms with E-state index in [0.29, 0.717) is 0 Å². The summed E-state index contributed by atoms with van der Waals surface area (Å²) >= 11 is 6.63. The van der Waals surface area contributed by atoms with E-state index in [0.717, 1.165) is 4.46 Å². The van der Waals surface area contributed by atoms with Crippen LogP contribution >= 0.6 is 11.6 Å². The first kappa shape index (κ1) is 27.1. The summed E-state index contributed by atoms with van der Waals surface area (Å²) in [6.07, 6.45) is -5.57. The standard InChI is InChI=1S/C25H29ClO9Se/c1-11-20(32-12(2)27)24(34-14(4)29)22(33-13(3)28)17(31-11)10-16-19(30)23-18(26)25(21(16)35-23)36-15-8-6-5-7-9-15/h5-9,11,16-18,20-25H,10H2,1-4H3/t11-,16-,17-,18+,20+,21+,22+,23+,24+,25-/m0/s1. The average Bonchev–Trinajstić information content (AvgIpc) is 3.28. The fraction of sp³-hybridized carbons (Fsp3) is 0.600. The van der Waals surface area contributed by atoms with Crippen LogP contribution in [-0.4, -0.2) is 86.8 Å². The Morgan fingerprint density at radius 2 is 1.50 bits per heavy atom. The first-order valence-electron chi connectivity index (χ1n) is 11.8. The summed E-state index contributed by atoms with van der Waals surface area (Å²) in [4.78, 5) is 48.8. The number of carbonyl (C=O) groups excluding carboxylic acids is 4. The molecule has 2 bridgehead atoms. The molecule has 3 saturated heterocycles. The van der Waals surface area contributed by atoms with Crippen LogP contribution < -0.4 is 4.46 Å². The molecule has 0 aliphatic carbocycles. The number of esters is 3. The van der Waals surface area contributed by atoms with E-state index in [2.05, 4.69) is 0 Å². The molecule has 9 nitrogen and oxygen atoms in total. The maximum absolute atomic E-state index is 13.2. The van der Waals surface area contributed by atoms with Gasteiger partial charge in [-0.25, -0.2) is 0 Å². The van der Waals surface area contributed by atoms with E-state index in [-0.39, 0.29) is 32.0 Å². The van der Waals surface area contributed by atoms with E-state index in [9.17, 15) is 19.2 Å². The van der Waals surface area contributed by atoms with Crippen LogP contribution in [0.2, 0.25) is 4.82 Å². The summed E-state index contributed by atoms with van der Waals surface area (Å²) in [5.41, 5.74) is 0. The Morgan fingerprint density at radius 1 is 0.917 bits per heavy atom. The number of carbonyl (C=O) groups is 4. The van der Waals surface area contributed by atoms with Gasteiger partial charge in [0, 0.05) is 0 Å². The number of rotatable bonds is 7. The van der Waals surface area contributed by atoms with Gasteiger partial charge in [0.1, 0.15) is 0 Å². The third kappa shape index (κ3) is 5.63. The molecule has 0 unspecified atom stereocenters. The van der Waals surface area contributed by atoms with Crippen molar-refractivity contribution >= 4 is 54.7 Å². The molecule has 0 spiro atoms. The molecule has 3 aliphatic rings. The molecule has 36 heavy (non-hydrogen) atoms. The van der Waals surface area contributed by atoms with Gasteiger partial charge in [-0.1, -0.05) is 0 Å². The van der Waals surface area contributed by atoms with Crippen molar-refractivity contribution in [2.75, 3.05) is 0 Å². The van der Waals surface area contributed by atoms with Crippen molar-refractivity contribution in [2.45, 2.75) is 87.0 Å². The zero-order valence-electron chi connectivity index (χ0n) is 20.3. The Morgan fingerprint density at radius 3 is 2.08 bits per heavy atom. The molecular formula is C25H29ClO9Se. The van der Waals surface area contributed by atoms with Crippen LogP contribution in [0.4, 0.5) is 0 Å². The van der Waals surface area contributed by atoms with Gasteiger partial charge < -0.3 is 0 Å². The monoisotopic (exact) mass is 588 g/mol. The summed E-state index contributed by atoms with van der Waals surface area (Å²) in [5.74, 6) is -2.48. The molecule has 196 valence electrons. The molecule has 0 N–H and O–H groups in total. The van der Waals surface area contributed by atoms with Gasteiger partial charge in [-0.15, -0.1) is 0 Å². The number of benzene rings is 1. The summed E-state index contributed by atoms with van der Waals surface area (Å²) < 4.78 is 29.8. The zero-order valence-corrected chi connectivity index (χ0v) is 22.8. The minimum atomic E-state index is -1.09. The van der Waals surface area contributed by atoms with Gasteiger partial charge >= 0.3 is 221 Å². The second kappa shape index (κ2) is 11.2. The number of hydrogen-bond donors (Lipinski definition) is 0. The van der Waals surface area contributed by atoms with E-state index in [4.69, 9.17) is 35.3 Å². The zero-order chi connectivity index (χ0) is 26.1. The number of Topliss-reactive ketones (excluding diaryl/α,β-unsaturated/α-hetero) is 1. The van der Waals surface area contributed by atoms with Gasteiger partial charge in [-0.05, 0) is 0 Å². The Bertz CT molecular complexity index is 1000. The summed E-state index contributed by atoms with van der Waals surface area (Å²) in [5, 5.41) is -0.420. The van der Waals surface area contributed by atoms with E-state index in [1.165, 1.54) is 20.8 Å². The third-order valence-corrected chi connectivity index (χ3v) is 10.3. The second-order valence-corrected chi connectivity index (χ2v) is 12.3. The van der Waals surface area contributed by atoms with Crippen LogP contribution in [0.25, 0.3) is 0 Å². The Labute approximate surface area is 220 Å². The molecule has 4 rings (SSSR count). The Kier molecular flexibility index (Phi) is 8.42. The van der Waals surface area contributed by atoms with Crippen LogP contribution in [0.3, 0.4) is 0 Å². The number of hydrogen-bond acceptors (Lipinski definition) is 9. The van der Waals surface area contributed by atoms with Gasteiger partial charge in [-0.2, -0.15) is 0 Å². The minimum absolute atomic E-state index is 0.0251.